The third-order valence-electron chi connectivity index (χ3n) is 6.32. The molecule has 0 aromatic carbocycles. The van der Waals surface area contributed by atoms with Gasteiger partial charge in [-0.05, 0) is 44.1 Å². The number of aromatic amines is 1. The minimum absolute atomic E-state index is 0.0231. The number of carboxylic acid groups (broad SMARTS) is 9. The van der Waals surface area contributed by atoms with Crippen LogP contribution in [0.1, 0.15) is 65.0 Å². The van der Waals surface area contributed by atoms with Gasteiger partial charge >= 0.3 is 53.7 Å². The van der Waals surface area contributed by atoms with Crippen LogP contribution < -0.4 is 57.3 Å². The number of thioether (sulfide) groups is 1. The molecule has 0 aliphatic carbocycles. The minimum atomic E-state index is -1.21. The highest BCUT2D eigenvalue weighted by molar-refractivity contribution is 7.98. The zero-order valence-corrected chi connectivity index (χ0v) is 38.6. The highest BCUT2D eigenvalue weighted by Crippen LogP contribution is 2.02. The molecular formula is C35H70N12O20S. The van der Waals surface area contributed by atoms with Crippen LogP contribution in [0.15, 0.2) is 12.5 Å². The lowest BCUT2D eigenvalue weighted by Crippen LogP contribution is -2.34. The van der Waals surface area contributed by atoms with Crippen LogP contribution in [-0.2, 0) is 59.2 Å². The van der Waals surface area contributed by atoms with Crippen LogP contribution in [0.25, 0.3) is 0 Å². The maximum absolute atomic E-state index is 10.3. The molecule has 1 aromatic heterocycles. The van der Waals surface area contributed by atoms with E-state index in [1.54, 1.807) is 18.0 Å². The van der Waals surface area contributed by atoms with E-state index >= 15 is 0 Å². The van der Waals surface area contributed by atoms with Gasteiger partial charge in [0.1, 0.15) is 42.3 Å². The van der Waals surface area contributed by atoms with Crippen LogP contribution in [0.5, 0.6) is 0 Å². The van der Waals surface area contributed by atoms with Crippen molar-refractivity contribution in [1.82, 2.24) is 9.97 Å². The topological polar surface area (TPSA) is 659 Å². The quantitative estimate of drug-likeness (QED) is 0.0514. The summed E-state index contributed by atoms with van der Waals surface area (Å²) in [6.45, 7) is 5.04. The van der Waals surface area contributed by atoms with Crippen molar-refractivity contribution in [3.8, 4) is 0 Å². The summed E-state index contributed by atoms with van der Waals surface area (Å²) in [6.07, 6.45) is 5.56. The Morgan fingerprint density at radius 2 is 0.897 bits per heavy atom. The van der Waals surface area contributed by atoms with Crippen molar-refractivity contribution in [3.05, 3.63) is 18.2 Å². The summed E-state index contributed by atoms with van der Waals surface area (Å²) in [5.74, 6) is -9.62. The molecule has 0 spiro atoms. The summed E-state index contributed by atoms with van der Waals surface area (Å²) in [6, 6.07) is -6.35. The Morgan fingerprint density at radius 1 is 0.559 bits per heavy atom. The number of H-pyrrole nitrogens is 1. The average Bonchev–Trinajstić information content (AvgIpc) is 3.72. The summed E-state index contributed by atoms with van der Waals surface area (Å²) in [5.41, 5.74) is 49.9. The van der Waals surface area contributed by atoms with E-state index in [1.807, 2.05) is 20.1 Å². The SMILES string of the molecule is CC(C)C[C@H](N)C(=O)O.CSCC[C@H](N)C(=O)O.C[C@H](N)C(=O)O.NC(=O)C[C@H](N)C(=O)O.NC(=O)C[C@H](N)C(=O)O.NCC(=O)O.N[C@@H](CCC(=O)O)C(=O)O.N[C@@H](Cc1c[nH]cn1)C(=O)O. The molecular weight excluding hydrogens is 941 g/mol. The van der Waals surface area contributed by atoms with Gasteiger partial charge in [-0.2, -0.15) is 11.8 Å². The molecule has 2 amide bonds. The molecule has 0 radical (unpaired) electrons. The molecule has 1 aromatic rings. The van der Waals surface area contributed by atoms with Crippen molar-refractivity contribution in [1.29, 1.82) is 0 Å². The second kappa shape index (κ2) is 46.9. The molecule has 32 nitrogen and oxygen atoms in total. The minimum Gasteiger partial charge on any atom is -0.481 e. The number of carboxylic acids is 9. The number of imidazole rings is 1. The molecule has 0 fully saturated rings. The molecule has 1 heterocycles. The van der Waals surface area contributed by atoms with Crippen LogP contribution in [0.4, 0.5) is 0 Å². The fourth-order valence-corrected chi connectivity index (χ4v) is 3.19. The van der Waals surface area contributed by atoms with Gasteiger partial charge in [-0.1, -0.05) is 13.8 Å². The monoisotopic (exact) mass is 1010 g/mol. The van der Waals surface area contributed by atoms with Crippen molar-refractivity contribution < 1.29 is 98.7 Å². The largest absolute Gasteiger partial charge is 0.481 e. The number of nitrogens with two attached hydrogens (primary N) is 10. The predicted octanol–water partition coefficient (Wildman–Crippen LogP) is -5.78. The van der Waals surface area contributed by atoms with Gasteiger partial charge in [0.25, 0.3) is 0 Å². The van der Waals surface area contributed by atoms with Crippen LogP contribution in [0, 0.1) is 5.92 Å². The Bertz CT molecular complexity index is 1590. The van der Waals surface area contributed by atoms with Crippen LogP contribution in [-0.4, -0.2) is 182 Å². The van der Waals surface area contributed by atoms with E-state index in [0.29, 0.717) is 24.5 Å². The molecule has 0 bridgehead atoms. The van der Waals surface area contributed by atoms with E-state index in [0.717, 1.165) is 5.75 Å². The first-order valence-corrected chi connectivity index (χ1v) is 20.4. The second-order valence-corrected chi connectivity index (χ2v) is 14.3. The Balaban J connectivity index is -0.000000126. The summed E-state index contributed by atoms with van der Waals surface area (Å²) in [5, 5.41) is 72.9. The zero-order chi connectivity index (χ0) is 55.4. The number of carbonyl (C=O) groups is 11. The molecule has 0 aliphatic heterocycles. The van der Waals surface area contributed by atoms with E-state index in [-0.39, 0.29) is 38.6 Å². The van der Waals surface area contributed by atoms with Gasteiger partial charge in [0, 0.05) is 19.0 Å². The number of aromatic nitrogens is 2. The summed E-state index contributed by atoms with van der Waals surface area (Å²) < 4.78 is 0. The molecule has 396 valence electrons. The van der Waals surface area contributed by atoms with Gasteiger partial charge in [-0.25, -0.2) is 4.98 Å². The Kier molecular flexibility index (Phi) is 52.2. The van der Waals surface area contributed by atoms with Crippen LogP contribution in [0.2, 0.25) is 0 Å². The first kappa shape index (κ1) is 75.7. The maximum Gasteiger partial charge on any atom is 0.321 e. The van der Waals surface area contributed by atoms with Crippen molar-refractivity contribution in [2.24, 2.45) is 63.3 Å². The molecule has 1 rings (SSSR count). The number of rotatable bonds is 22. The van der Waals surface area contributed by atoms with Crippen molar-refractivity contribution in [3.63, 3.8) is 0 Å². The van der Waals surface area contributed by atoms with Crippen molar-refractivity contribution >= 4 is 77.3 Å². The van der Waals surface area contributed by atoms with Gasteiger partial charge in [-0.3, -0.25) is 52.7 Å². The van der Waals surface area contributed by atoms with Gasteiger partial charge in [-0.15, -0.1) is 0 Å². The zero-order valence-electron chi connectivity index (χ0n) is 37.8. The Morgan fingerprint density at radius 3 is 1.09 bits per heavy atom. The van der Waals surface area contributed by atoms with Gasteiger partial charge in [0.05, 0.1) is 31.4 Å². The Hall–Kier alpha value is -6.59. The highest BCUT2D eigenvalue weighted by Gasteiger charge is 2.16. The van der Waals surface area contributed by atoms with E-state index in [2.05, 4.69) is 27.2 Å². The third kappa shape index (κ3) is 66.0. The number of hydrogen-bond donors (Lipinski definition) is 20. The standard InChI is InChI=1S/C6H9N3O2.C6H13NO2.C5H9NO4.C5H11NO2S.2C4H8N2O3.C3H7NO2.C2H5NO2/c7-5(6(10)11)1-4-2-8-3-9-4;1-4(2)3-5(7)6(8)9;6-3(5(9)10)1-2-4(7)8;1-9-3-2-4(6)5(7)8;2*5-2(4(8)9)1-3(6)7;1-2(4)3(5)6;3-1-2(4)5/h2-3,5H,1,7H2,(H,8,9)(H,10,11);4-5H,3,7H2,1-2H3,(H,8,9);3H,1-2,6H2,(H,7,8)(H,9,10);4H,2-3,6H2,1H3,(H,7,8);2*2H,1,5H2,(H2,6,7)(H,8,9);2H,4H2,1H3,(H,5,6);1,3H2,(H,4,5)/t2*5-;3-;4-;3*2-;/m0000000./s1. The molecule has 0 unspecified atom stereocenters. The lowest BCUT2D eigenvalue weighted by molar-refractivity contribution is -0.141. The molecule has 30 N–H and O–H groups in total. The lowest BCUT2D eigenvalue weighted by Gasteiger charge is -2.07. The van der Waals surface area contributed by atoms with Gasteiger partial charge in [0.2, 0.25) is 11.8 Å². The normalized spacial score (nSPS) is 12.5. The fourth-order valence-electron chi connectivity index (χ4n) is 2.70. The number of nitrogens with zero attached hydrogens (tertiary/aromatic N) is 1. The first-order chi connectivity index (χ1) is 30.9. The summed E-state index contributed by atoms with van der Waals surface area (Å²) >= 11 is 1.60. The number of primary amides is 2. The summed E-state index contributed by atoms with van der Waals surface area (Å²) in [4.78, 5) is 115. The molecule has 7 atom stereocenters. The second-order valence-electron chi connectivity index (χ2n) is 13.3. The van der Waals surface area contributed by atoms with E-state index in [1.165, 1.54) is 13.3 Å². The predicted molar refractivity (Wildman–Crippen MR) is 241 cm³/mol. The van der Waals surface area contributed by atoms with E-state index in [4.69, 9.17) is 86.1 Å². The average molecular weight is 1010 g/mol. The molecule has 0 saturated heterocycles. The Labute approximate surface area is 393 Å². The smallest absolute Gasteiger partial charge is 0.321 e. The van der Waals surface area contributed by atoms with Gasteiger partial charge in [0.15, 0.2) is 0 Å². The van der Waals surface area contributed by atoms with E-state index < -0.39 is 108 Å². The third-order valence-corrected chi connectivity index (χ3v) is 6.96. The van der Waals surface area contributed by atoms with Crippen LogP contribution >= 0.6 is 11.8 Å². The van der Waals surface area contributed by atoms with Crippen LogP contribution in [0.3, 0.4) is 0 Å². The van der Waals surface area contributed by atoms with Gasteiger partial charge < -0.3 is 108 Å². The molecule has 0 saturated carbocycles. The fraction of sp³-hybridized carbons (Fsp3) is 0.600. The number of amides is 2. The van der Waals surface area contributed by atoms with Crippen molar-refractivity contribution in [2.75, 3.05) is 18.6 Å². The maximum atomic E-state index is 10.3. The molecule has 0 aliphatic rings. The number of hydrogen-bond acceptors (Lipinski definition) is 21. The van der Waals surface area contributed by atoms with Crippen molar-refractivity contribution in [2.45, 2.75) is 108 Å². The number of nitrogens with one attached hydrogen (secondary N) is 1. The number of aliphatic carboxylic acids is 9. The summed E-state index contributed by atoms with van der Waals surface area (Å²) in [7, 11) is 0. The van der Waals surface area contributed by atoms with E-state index in [9.17, 15) is 52.7 Å². The first-order valence-electron chi connectivity index (χ1n) is 19.0. The molecule has 68 heavy (non-hydrogen) atoms. The lowest BCUT2D eigenvalue weighted by atomic mass is 10.1. The number of carbonyl (C=O) groups excluding carboxylic acids is 2. The molecule has 33 heteroatoms. The highest BCUT2D eigenvalue weighted by atomic mass is 32.2.